The van der Waals surface area contributed by atoms with Crippen molar-refractivity contribution >= 4 is 54.8 Å². The summed E-state index contributed by atoms with van der Waals surface area (Å²) in [5.74, 6) is -0.286. The number of rotatable bonds is 2. The fraction of sp³-hybridized carbons (Fsp3) is 0.444. The average Bonchev–Trinajstić information content (AvgIpc) is 2.63. The van der Waals surface area contributed by atoms with E-state index in [4.69, 9.17) is 11.6 Å². The molecule has 0 aliphatic carbocycles. The van der Waals surface area contributed by atoms with Gasteiger partial charge in [0.25, 0.3) is 10.0 Å². The molecule has 1 fully saturated rings. The lowest BCUT2D eigenvalue weighted by Crippen LogP contribution is -2.55. The van der Waals surface area contributed by atoms with E-state index in [1.54, 1.807) is 6.92 Å². The molecule has 1 aliphatic heterocycles. The number of sulfonamides is 1. The summed E-state index contributed by atoms with van der Waals surface area (Å²) in [4.78, 5) is 11.5. The number of hydrogen-bond acceptors (Lipinski definition) is 4. The quantitative estimate of drug-likeness (QED) is 0.857. The van der Waals surface area contributed by atoms with E-state index >= 15 is 0 Å². The second-order valence-corrected chi connectivity index (χ2v) is 8.66. The van der Waals surface area contributed by atoms with Crippen molar-refractivity contribution in [2.45, 2.75) is 17.2 Å². The van der Waals surface area contributed by atoms with Gasteiger partial charge in [-0.1, -0.05) is 11.6 Å². The standard InChI is InChI=1S/C9H10BrClN2O3S2/c1-5-9(14)12-2-3-13(5)18(15,16)7-4-6(11)8(10)17-7/h4-5H,2-3H2,1H3,(H,12,14). The van der Waals surface area contributed by atoms with Crippen LogP contribution in [0.2, 0.25) is 5.02 Å². The SMILES string of the molecule is CC1C(=O)NCCN1S(=O)(=O)c1cc(Cl)c(Br)s1. The molecule has 100 valence electrons. The maximum absolute atomic E-state index is 12.4. The zero-order chi connectivity index (χ0) is 13.5. The van der Waals surface area contributed by atoms with Gasteiger partial charge in [0.05, 0.1) is 8.81 Å². The first-order valence-corrected chi connectivity index (χ1v) is 8.51. The maximum Gasteiger partial charge on any atom is 0.253 e. The number of amides is 1. The number of carbonyl (C=O) groups is 1. The molecule has 1 aromatic rings. The molecule has 9 heteroatoms. The van der Waals surface area contributed by atoms with Crippen LogP contribution in [0.4, 0.5) is 0 Å². The number of halogens is 2. The van der Waals surface area contributed by atoms with Crippen LogP contribution < -0.4 is 5.32 Å². The lowest BCUT2D eigenvalue weighted by Gasteiger charge is -2.31. The van der Waals surface area contributed by atoms with Crippen molar-refractivity contribution in [3.05, 3.63) is 14.9 Å². The zero-order valence-electron chi connectivity index (χ0n) is 9.31. The van der Waals surface area contributed by atoms with Crippen LogP contribution in [0.25, 0.3) is 0 Å². The topological polar surface area (TPSA) is 66.5 Å². The summed E-state index contributed by atoms with van der Waals surface area (Å²) < 4.78 is 26.7. The third-order valence-electron chi connectivity index (χ3n) is 2.63. The molecule has 2 heterocycles. The van der Waals surface area contributed by atoms with E-state index in [2.05, 4.69) is 21.2 Å². The summed E-state index contributed by atoms with van der Waals surface area (Å²) in [7, 11) is -3.67. The van der Waals surface area contributed by atoms with Gasteiger partial charge >= 0.3 is 0 Å². The molecule has 1 aliphatic rings. The monoisotopic (exact) mass is 372 g/mol. The molecule has 1 atom stereocenters. The third kappa shape index (κ3) is 2.44. The van der Waals surface area contributed by atoms with Gasteiger partial charge in [-0.2, -0.15) is 4.31 Å². The Kier molecular flexibility index (Phi) is 4.03. The van der Waals surface area contributed by atoms with Crippen LogP contribution in [0.1, 0.15) is 6.92 Å². The first-order chi connectivity index (χ1) is 8.34. The van der Waals surface area contributed by atoms with E-state index in [0.717, 1.165) is 11.3 Å². The molecule has 18 heavy (non-hydrogen) atoms. The number of carbonyl (C=O) groups excluding carboxylic acids is 1. The van der Waals surface area contributed by atoms with Gasteiger partial charge in [0.2, 0.25) is 5.91 Å². The molecular formula is C9H10BrClN2O3S2. The highest BCUT2D eigenvalue weighted by Gasteiger charge is 2.36. The summed E-state index contributed by atoms with van der Waals surface area (Å²) in [6, 6.07) is 0.689. The third-order valence-corrected chi connectivity index (χ3v) is 7.52. The summed E-state index contributed by atoms with van der Waals surface area (Å²) in [6.07, 6.45) is 0. The molecule has 1 aromatic heterocycles. The Morgan fingerprint density at radius 2 is 2.28 bits per heavy atom. The summed E-state index contributed by atoms with van der Waals surface area (Å²) >= 11 is 10.1. The van der Waals surface area contributed by atoms with Crippen LogP contribution in [0.5, 0.6) is 0 Å². The molecular weight excluding hydrogens is 364 g/mol. The molecule has 1 unspecified atom stereocenters. The maximum atomic E-state index is 12.4. The highest BCUT2D eigenvalue weighted by Crippen LogP contribution is 2.36. The highest BCUT2D eigenvalue weighted by molar-refractivity contribution is 9.11. The predicted molar refractivity (Wildman–Crippen MR) is 73.4 cm³/mol. The van der Waals surface area contributed by atoms with Gasteiger partial charge in [-0.05, 0) is 28.9 Å². The fourth-order valence-corrected chi connectivity index (χ4v) is 5.78. The number of nitrogens with one attached hydrogen (secondary N) is 1. The van der Waals surface area contributed by atoms with Gasteiger partial charge in [0.1, 0.15) is 10.3 Å². The predicted octanol–water partition coefficient (Wildman–Crippen LogP) is 1.67. The smallest absolute Gasteiger partial charge is 0.253 e. The van der Waals surface area contributed by atoms with E-state index in [0.29, 0.717) is 15.4 Å². The van der Waals surface area contributed by atoms with Crippen LogP contribution in [-0.4, -0.2) is 37.8 Å². The number of hydrogen-bond donors (Lipinski definition) is 1. The normalized spacial score (nSPS) is 21.9. The van der Waals surface area contributed by atoms with Crippen LogP contribution >= 0.6 is 38.9 Å². The molecule has 5 nitrogen and oxygen atoms in total. The second kappa shape index (κ2) is 5.09. The largest absolute Gasteiger partial charge is 0.353 e. The minimum Gasteiger partial charge on any atom is -0.353 e. The van der Waals surface area contributed by atoms with Crippen molar-refractivity contribution in [3.63, 3.8) is 0 Å². The van der Waals surface area contributed by atoms with E-state index in [9.17, 15) is 13.2 Å². The van der Waals surface area contributed by atoms with E-state index in [1.807, 2.05) is 0 Å². The van der Waals surface area contributed by atoms with Crippen LogP contribution in [0.15, 0.2) is 14.1 Å². The molecule has 0 radical (unpaired) electrons. The van der Waals surface area contributed by atoms with Gasteiger partial charge in [-0.15, -0.1) is 11.3 Å². The Morgan fingerprint density at radius 1 is 1.61 bits per heavy atom. The van der Waals surface area contributed by atoms with Crippen molar-refractivity contribution in [1.29, 1.82) is 0 Å². The minimum atomic E-state index is -3.67. The molecule has 0 spiro atoms. The van der Waals surface area contributed by atoms with Gasteiger partial charge in [0, 0.05) is 13.1 Å². The van der Waals surface area contributed by atoms with Gasteiger partial charge in [-0.25, -0.2) is 8.42 Å². The van der Waals surface area contributed by atoms with Crippen LogP contribution in [-0.2, 0) is 14.8 Å². The van der Waals surface area contributed by atoms with Crippen molar-refractivity contribution in [1.82, 2.24) is 9.62 Å². The molecule has 2 rings (SSSR count). The second-order valence-electron chi connectivity index (χ2n) is 3.77. The Hall–Kier alpha value is -0.150. The van der Waals surface area contributed by atoms with E-state index in [1.165, 1.54) is 10.4 Å². The number of thiophene rings is 1. The highest BCUT2D eigenvalue weighted by atomic mass is 79.9. The molecule has 1 saturated heterocycles. The first-order valence-electron chi connectivity index (χ1n) is 5.08. The molecule has 1 N–H and O–H groups in total. The fourth-order valence-electron chi connectivity index (χ4n) is 1.66. The van der Waals surface area contributed by atoms with Gasteiger partial charge in [0.15, 0.2) is 0 Å². The average molecular weight is 374 g/mol. The summed E-state index contributed by atoms with van der Waals surface area (Å²) in [5.41, 5.74) is 0. The zero-order valence-corrected chi connectivity index (χ0v) is 13.3. The van der Waals surface area contributed by atoms with Crippen molar-refractivity contribution in [2.75, 3.05) is 13.1 Å². The Balaban J connectivity index is 2.39. The van der Waals surface area contributed by atoms with Crippen molar-refractivity contribution < 1.29 is 13.2 Å². The number of nitrogens with zero attached hydrogens (tertiary/aromatic N) is 1. The van der Waals surface area contributed by atoms with Crippen molar-refractivity contribution in [3.8, 4) is 0 Å². The van der Waals surface area contributed by atoms with E-state index in [-0.39, 0.29) is 16.7 Å². The lowest BCUT2D eigenvalue weighted by molar-refractivity contribution is -0.126. The Morgan fingerprint density at radius 3 is 2.83 bits per heavy atom. The van der Waals surface area contributed by atoms with Crippen molar-refractivity contribution in [2.24, 2.45) is 0 Å². The van der Waals surface area contributed by atoms with Gasteiger partial charge in [-0.3, -0.25) is 4.79 Å². The molecule has 0 bridgehead atoms. The Bertz CT molecular complexity index is 567. The van der Waals surface area contributed by atoms with Crippen LogP contribution in [0, 0.1) is 0 Å². The number of piperazine rings is 1. The summed E-state index contributed by atoms with van der Waals surface area (Å²) in [6.45, 7) is 2.15. The first kappa shape index (κ1) is 14.3. The lowest BCUT2D eigenvalue weighted by atomic mass is 10.2. The molecule has 0 saturated carbocycles. The molecule has 1 amide bonds. The Labute approximate surface area is 122 Å². The minimum absolute atomic E-state index is 0.140. The van der Waals surface area contributed by atoms with E-state index < -0.39 is 16.1 Å². The summed E-state index contributed by atoms with van der Waals surface area (Å²) in [5, 5.41) is 2.98. The molecule has 0 aromatic carbocycles. The van der Waals surface area contributed by atoms with Crippen LogP contribution in [0.3, 0.4) is 0 Å². The van der Waals surface area contributed by atoms with Gasteiger partial charge < -0.3 is 5.32 Å².